The van der Waals surface area contributed by atoms with Gasteiger partial charge in [-0.1, -0.05) is 6.07 Å². The molecule has 0 saturated carbocycles. The molecule has 0 N–H and O–H groups in total. The van der Waals surface area contributed by atoms with Crippen LogP contribution in [0.3, 0.4) is 0 Å². The van der Waals surface area contributed by atoms with Gasteiger partial charge in [0.05, 0.1) is 5.69 Å². The van der Waals surface area contributed by atoms with Crippen molar-refractivity contribution in [2.75, 3.05) is 6.54 Å². The fraction of sp³-hybridized carbons (Fsp3) is 0.250. The third-order valence-electron chi connectivity index (χ3n) is 1.63. The van der Waals surface area contributed by atoms with E-state index in [0.717, 1.165) is 13.0 Å². The van der Waals surface area contributed by atoms with Crippen LogP contribution in [0.2, 0.25) is 0 Å². The Kier molecular flexibility index (Phi) is 2.60. The molecule has 0 aliphatic carbocycles. The van der Waals surface area contributed by atoms with Gasteiger partial charge in [0, 0.05) is 30.9 Å². The zero-order valence-corrected chi connectivity index (χ0v) is 6.84. The quantitative estimate of drug-likeness (QED) is 0.576. The Morgan fingerprint density at radius 2 is 2.27 bits per heavy atom. The van der Waals surface area contributed by atoms with Crippen LogP contribution in [0.25, 0.3) is 0 Å². The predicted octanol–water partition coefficient (Wildman–Crippen LogP) is 1.48. The SMILES string of the molecule is C1=NCCc2ncccc21.Cl. The number of pyridine rings is 1. The minimum absolute atomic E-state index is 0. The summed E-state index contributed by atoms with van der Waals surface area (Å²) in [5.41, 5.74) is 2.35. The minimum Gasteiger partial charge on any atom is -0.292 e. The molecule has 0 saturated heterocycles. The molecular weight excluding hydrogens is 160 g/mol. The van der Waals surface area contributed by atoms with Crippen LogP contribution in [0.15, 0.2) is 23.3 Å². The number of halogens is 1. The molecule has 58 valence electrons. The lowest BCUT2D eigenvalue weighted by atomic mass is 10.1. The Labute approximate surface area is 71.8 Å². The standard InChI is InChI=1S/C8H8N2.ClH/c1-2-7-6-9-5-3-8(7)10-4-1;/h1-2,4,6H,3,5H2;1H. The fourth-order valence-corrected chi connectivity index (χ4v) is 1.11. The molecule has 0 atom stereocenters. The zero-order valence-electron chi connectivity index (χ0n) is 6.03. The third-order valence-corrected chi connectivity index (χ3v) is 1.63. The Morgan fingerprint density at radius 1 is 1.36 bits per heavy atom. The highest BCUT2D eigenvalue weighted by Gasteiger charge is 2.03. The lowest BCUT2D eigenvalue weighted by molar-refractivity contribution is 0.906. The van der Waals surface area contributed by atoms with E-state index in [-0.39, 0.29) is 12.4 Å². The Morgan fingerprint density at radius 3 is 3.09 bits per heavy atom. The van der Waals surface area contributed by atoms with Crippen molar-refractivity contribution < 1.29 is 0 Å². The average molecular weight is 169 g/mol. The lowest BCUT2D eigenvalue weighted by Gasteiger charge is -2.06. The van der Waals surface area contributed by atoms with Crippen LogP contribution in [0.5, 0.6) is 0 Å². The first-order chi connectivity index (χ1) is 4.97. The Balaban J connectivity index is 0.000000605. The molecule has 11 heavy (non-hydrogen) atoms. The first-order valence-electron chi connectivity index (χ1n) is 3.40. The van der Waals surface area contributed by atoms with E-state index in [1.807, 2.05) is 24.5 Å². The molecule has 0 unspecified atom stereocenters. The normalized spacial score (nSPS) is 13.5. The number of aromatic nitrogens is 1. The average Bonchev–Trinajstić information content (AvgIpc) is 2.05. The topological polar surface area (TPSA) is 25.2 Å². The number of nitrogens with zero attached hydrogens (tertiary/aromatic N) is 2. The summed E-state index contributed by atoms with van der Waals surface area (Å²) in [6.45, 7) is 0.893. The van der Waals surface area contributed by atoms with Gasteiger partial charge in [-0.05, 0) is 6.07 Å². The number of hydrogen-bond donors (Lipinski definition) is 0. The molecule has 2 nitrogen and oxygen atoms in total. The van der Waals surface area contributed by atoms with Crippen molar-refractivity contribution in [2.24, 2.45) is 4.99 Å². The Hall–Kier alpha value is -0.890. The van der Waals surface area contributed by atoms with E-state index < -0.39 is 0 Å². The predicted molar refractivity (Wildman–Crippen MR) is 47.7 cm³/mol. The highest BCUT2D eigenvalue weighted by molar-refractivity contribution is 5.85. The summed E-state index contributed by atoms with van der Waals surface area (Å²) in [6.07, 6.45) is 4.72. The maximum atomic E-state index is 4.23. The molecule has 0 fully saturated rings. The second-order valence-electron chi connectivity index (χ2n) is 2.32. The molecule has 3 heteroatoms. The van der Waals surface area contributed by atoms with Crippen molar-refractivity contribution in [3.8, 4) is 0 Å². The van der Waals surface area contributed by atoms with E-state index in [2.05, 4.69) is 9.98 Å². The molecule has 1 aliphatic rings. The number of fused-ring (bicyclic) bond motifs is 1. The van der Waals surface area contributed by atoms with Crippen molar-refractivity contribution in [3.63, 3.8) is 0 Å². The van der Waals surface area contributed by atoms with Gasteiger partial charge in [-0.2, -0.15) is 0 Å². The smallest absolute Gasteiger partial charge is 0.0509 e. The summed E-state index contributed by atoms with van der Waals surface area (Å²) in [6, 6.07) is 3.99. The van der Waals surface area contributed by atoms with Crippen molar-refractivity contribution in [3.05, 3.63) is 29.6 Å². The van der Waals surface area contributed by atoms with E-state index in [9.17, 15) is 0 Å². The first kappa shape index (κ1) is 8.21. The van der Waals surface area contributed by atoms with Crippen molar-refractivity contribution in [1.82, 2.24) is 4.98 Å². The fourth-order valence-electron chi connectivity index (χ4n) is 1.11. The van der Waals surface area contributed by atoms with E-state index in [1.165, 1.54) is 11.3 Å². The van der Waals surface area contributed by atoms with E-state index in [0.29, 0.717) is 0 Å². The molecule has 1 aromatic rings. The van der Waals surface area contributed by atoms with Gasteiger partial charge in [0.1, 0.15) is 0 Å². The summed E-state index contributed by atoms with van der Waals surface area (Å²) in [5.74, 6) is 0. The highest BCUT2D eigenvalue weighted by atomic mass is 35.5. The van der Waals surface area contributed by atoms with Gasteiger partial charge in [0.15, 0.2) is 0 Å². The number of rotatable bonds is 0. The molecule has 0 aromatic carbocycles. The van der Waals surface area contributed by atoms with Crippen LogP contribution in [0, 0.1) is 0 Å². The van der Waals surface area contributed by atoms with Crippen molar-refractivity contribution in [2.45, 2.75) is 6.42 Å². The molecule has 0 bridgehead atoms. The van der Waals surface area contributed by atoms with Crippen LogP contribution in [-0.4, -0.2) is 17.7 Å². The van der Waals surface area contributed by atoms with Crippen LogP contribution >= 0.6 is 12.4 Å². The van der Waals surface area contributed by atoms with E-state index >= 15 is 0 Å². The summed E-state index contributed by atoms with van der Waals surface area (Å²) < 4.78 is 0. The summed E-state index contributed by atoms with van der Waals surface area (Å²) in [7, 11) is 0. The van der Waals surface area contributed by atoms with Crippen LogP contribution in [0.4, 0.5) is 0 Å². The maximum absolute atomic E-state index is 4.23. The van der Waals surface area contributed by atoms with Gasteiger partial charge in [-0.25, -0.2) is 0 Å². The monoisotopic (exact) mass is 168 g/mol. The number of hydrogen-bond acceptors (Lipinski definition) is 2. The molecule has 2 heterocycles. The molecule has 2 rings (SSSR count). The van der Waals surface area contributed by atoms with Gasteiger partial charge in [-0.15, -0.1) is 12.4 Å². The Bertz CT molecular complexity index is 271. The molecule has 0 spiro atoms. The molecular formula is C8H9ClN2. The third kappa shape index (κ3) is 1.57. The van der Waals surface area contributed by atoms with E-state index in [1.54, 1.807) is 0 Å². The largest absolute Gasteiger partial charge is 0.292 e. The lowest BCUT2D eigenvalue weighted by Crippen LogP contribution is -2.04. The minimum atomic E-state index is 0. The van der Waals surface area contributed by atoms with Crippen LogP contribution < -0.4 is 0 Å². The summed E-state index contributed by atoms with van der Waals surface area (Å²) in [4.78, 5) is 8.38. The second kappa shape index (κ2) is 3.49. The van der Waals surface area contributed by atoms with Crippen molar-refractivity contribution >= 4 is 18.6 Å². The van der Waals surface area contributed by atoms with Crippen LogP contribution in [0.1, 0.15) is 11.3 Å². The summed E-state index contributed by atoms with van der Waals surface area (Å²) in [5, 5.41) is 0. The molecule has 1 aromatic heterocycles. The molecule has 0 amide bonds. The van der Waals surface area contributed by atoms with Gasteiger partial charge < -0.3 is 0 Å². The van der Waals surface area contributed by atoms with Crippen molar-refractivity contribution in [1.29, 1.82) is 0 Å². The summed E-state index contributed by atoms with van der Waals surface area (Å²) >= 11 is 0. The van der Waals surface area contributed by atoms with E-state index in [4.69, 9.17) is 0 Å². The molecule has 0 radical (unpaired) electrons. The van der Waals surface area contributed by atoms with Gasteiger partial charge >= 0.3 is 0 Å². The van der Waals surface area contributed by atoms with Gasteiger partial charge in [0.2, 0.25) is 0 Å². The first-order valence-corrected chi connectivity index (χ1v) is 3.40. The zero-order chi connectivity index (χ0) is 6.81. The number of aliphatic imine (C=N–C) groups is 1. The van der Waals surface area contributed by atoms with Crippen LogP contribution in [-0.2, 0) is 6.42 Å². The van der Waals surface area contributed by atoms with Gasteiger partial charge in [-0.3, -0.25) is 9.98 Å². The second-order valence-corrected chi connectivity index (χ2v) is 2.32. The maximum Gasteiger partial charge on any atom is 0.0509 e. The van der Waals surface area contributed by atoms with Gasteiger partial charge in [0.25, 0.3) is 0 Å². The highest BCUT2D eigenvalue weighted by Crippen LogP contribution is 2.06. The molecule has 1 aliphatic heterocycles.